The van der Waals surface area contributed by atoms with Crippen LogP contribution in [0.5, 0.6) is 0 Å². The van der Waals surface area contributed by atoms with Crippen LogP contribution >= 0.6 is 11.6 Å². The molecule has 2 heterocycles. The van der Waals surface area contributed by atoms with Crippen LogP contribution in [0, 0.1) is 5.41 Å². The number of para-hydroxylation sites is 1. The number of rotatable bonds is 0. The standard InChI is InChI=1S/C14H19ClN2/c1-14(2)8-10-4-3-5-11(15)13(10)17-7-6-16-9-12(14)17/h3-5,12,16H,6-9H2,1-2H3. The van der Waals surface area contributed by atoms with Gasteiger partial charge in [-0.15, -0.1) is 0 Å². The van der Waals surface area contributed by atoms with Gasteiger partial charge in [0, 0.05) is 25.7 Å². The van der Waals surface area contributed by atoms with Crippen LogP contribution in [0.15, 0.2) is 18.2 Å². The summed E-state index contributed by atoms with van der Waals surface area (Å²) in [6.45, 7) is 7.91. The van der Waals surface area contributed by atoms with Crippen LogP contribution in [-0.4, -0.2) is 25.7 Å². The van der Waals surface area contributed by atoms with Crippen molar-refractivity contribution >= 4 is 17.3 Å². The van der Waals surface area contributed by atoms with Crippen molar-refractivity contribution in [3.05, 3.63) is 28.8 Å². The van der Waals surface area contributed by atoms with E-state index in [9.17, 15) is 0 Å². The fourth-order valence-corrected chi connectivity index (χ4v) is 3.61. The fourth-order valence-electron chi connectivity index (χ4n) is 3.30. The molecule has 1 atom stereocenters. The lowest BCUT2D eigenvalue weighted by molar-refractivity contribution is 0.232. The Morgan fingerprint density at radius 3 is 3.06 bits per heavy atom. The molecule has 0 bridgehead atoms. The lowest BCUT2D eigenvalue weighted by Crippen LogP contribution is -2.60. The van der Waals surface area contributed by atoms with Crippen LogP contribution in [-0.2, 0) is 6.42 Å². The minimum absolute atomic E-state index is 0.311. The maximum atomic E-state index is 6.39. The second kappa shape index (κ2) is 3.89. The molecular formula is C14H19ClN2. The van der Waals surface area contributed by atoms with Gasteiger partial charge in [-0.3, -0.25) is 0 Å². The van der Waals surface area contributed by atoms with E-state index in [0.29, 0.717) is 11.5 Å². The van der Waals surface area contributed by atoms with Crippen LogP contribution in [0.3, 0.4) is 0 Å². The van der Waals surface area contributed by atoms with Gasteiger partial charge in [0.05, 0.1) is 10.7 Å². The summed E-state index contributed by atoms with van der Waals surface area (Å²) in [6, 6.07) is 6.86. The first kappa shape index (κ1) is 11.4. The Morgan fingerprint density at radius 2 is 2.24 bits per heavy atom. The van der Waals surface area contributed by atoms with E-state index in [0.717, 1.165) is 31.1 Å². The van der Waals surface area contributed by atoms with Crippen molar-refractivity contribution in [2.45, 2.75) is 26.3 Å². The summed E-state index contributed by atoms with van der Waals surface area (Å²) in [5, 5.41) is 4.41. The van der Waals surface area contributed by atoms with Gasteiger partial charge in [-0.1, -0.05) is 37.6 Å². The van der Waals surface area contributed by atoms with Crippen molar-refractivity contribution in [1.82, 2.24) is 5.32 Å². The second-order valence-corrected chi connectivity index (χ2v) is 6.23. The molecule has 1 aromatic carbocycles. The highest BCUT2D eigenvalue weighted by molar-refractivity contribution is 6.33. The number of hydrogen-bond acceptors (Lipinski definition) is 2. The molecule has 1 saturated heterocycles. The number of anilines is 1. The molecule has 1 fully saturated rings. The summed E-state index contributed by atoms with van der Waals surface area (Å²) >= 11 is 6.39. The monoisotopic (exact) mass is 250 g/mol. The van der Waals surface area contributed by atoms with E-state index in [2.05, 4.69) is 36.2 Å². The Kier molecular flexibility index (Phi) is 2.60. The topological polar surface area (TPSA) is 15.3 Å². The number of nitrogens with zero attached hydrogens (tertiary/aromatic N) is 1. The largest absolute Gasteiger partial charge is 0.364 e. The molecular weight excluding hydrogens is 232 g/mol. The minimum Gasteiger partial charge on any atom is -0.364 e. The third kappa shape index (κ3) is 1.74. The molecule has 2 aliphatic rings. The Balaban J connectivity index is 2.12. The summed E-state index contributed by atoms with van der Waals surface area (Å²) in [5.74, 6) is 0. The van der Waals surface area contributed by atoms with Crippen LogP contribution in [0.1, 0.15) is 19.4 Å². The van der Waals surface area contributed by atoms with E-state index >= 15 is 0 Å². The molecule has 1 N–H and O–H groups in total. The Bertz CT molecular complexity index is 442. The summed E-state index contributed by atoms with van der Waals surface area (Å²) in [6.07, 6.45) is 1.12. The average Bonchev–Trinajstić information content (AvgIpc) is 2.28. The molecule has 2 nitrogen and oxygen atoms in total. The van der Waals surface area contributed by atoms with E-state index < -0.39 is 0 Å². The van der Waals surface area contributed by atoms with Gasteiger partial charge in [0.25, 0.3) is 0 Å². The molecule has 1 aromatic rings. The molecule has 1 unspecified atom stereocenters. The van der Waals surface area contributed by atoms with Crippen molar-refractivity contribution in [1.29, 1.82) is 0 Å². The highest BCUT2D eigenvalue weighted by Crippen LogP contribution is 2.44. The quantitative estimate of drug-likeness (QED) is 0.762. The third-order valence-electron chi connectivity index (χ3n) is 4.15. The lowest BCUT2D eigenvalue weighted by Gasteiger charge is -2.51. The Labute approximate surface area is 108 Å². The normalized spacial score (nSPS) is 26.3. The van der Waals surface area contributed by atoms with Crippen molar-refractivity contribution in [3.63, 3.8) is 0 Å². The number of hydrogen-bond donors (Lipinski definition) is 1. The second-order valence-electron chi connectivity index (χ2n) is 5.83. The minimum atomic E-state index is 0.311. The molecule has 92 valence electrons. The number of benzene rings is 1. The van der Waals surface area contributed by atoms with E-state index in [4.69, 9.17) is 11.6 Å². The van der Waals surface area contributed by atoms with Gasteiger partial charge in [0.15, 0.2) is 0 Å². The maximum Gasteiger partial charge on any atom is 0.0642 e. The van der Waals surface area contributed by atoms with E-state index in [1.807, 2.05) is 6.07 Å². The fraction of sp³-hybridized carbons (Fsp3) is 0.571. The van der Waals surface area contributed by atoms with Gasteiger partial charge in [-0.05, 0) is 23.5 Å². The summed E-state index contributed by atoms with van der Waals surface area (Å²) in [4.78, 5) is 2.51. The van der Waals surface area contributed by atoms with Gasteiger partial charge in [0.2, 0.25) is 0 Å². The first-order chi connectivity index (χ1) is 8.09. The first-order valence-corrected chi connectivity index (χ1v) is 6.72. The predicted octanol–water partition coefficient (Wildman–Crippen LogP) is 2.70. The molecule has 0 spiro atoms. The molecule has 3 heteroatoms. The molecule has 0 aromatic heterocycles. The number of halogens is 1. The Hall–Kier alpha value is -0.730. The van der Waals surface area contributed by atoms with Gasteiger partial charge in [-0.25, -0.2) is 0 Å². The van der Waals surface area contributed by atoms with Gasteiger partial charge in [0.1, 0.15) is 0 Å². The van der Waals surface area contributed by atoms with Crippen molar-refractivity contribution in [2.75, 3.05) is 24.5 Å². The number of piperazine rings is 1. The third-order valence-corrected chi connectivity index (χ3v) is 4.45. The van der Waals surface area contributed by atoms with Crippen LogP contribution < -0.4 is 10.2 Å². The Morgan fingerprint density at radius 1 is 1.41 bits per heavy atom. The maximum absolute atomic E-state index is 6.39. The van der Waals surface area contributed by atoms with Crippen molar-refractivity contribution in [3.8, 4) is 0 Å². The zero-order valence-electron chi connectivity index (χ0n) is 10.5. The lowest BCUT2D eigenvalue weighted by atomic mass is 9.73. The van der Waals surface area contributed by atoms with E-state index in [1.165, 1.54) is 11.3 Å². The highest BCUT2D eigenvalue weighted by atomic mass is 35.5. The average molecular weight is 251 g/mol. The number of nitrogens with one attached hydrogen (secondary N) is 1. The first-order valence-electron chi connectivity index (χ1n) is 6.34. The number of fused-ring (bicyclic) bond motifs is 3. The van der Waals surface area contributed by atoms with Gasteiger partial charge in [-0.2, -0.15) is 0 Å². The van der Waals surface area contributed by atoms with Gasteiger partial charge >= 0.3 is 0 Å². The molecule has 0 radical (unpaired) electrons. The summed E-state index contributed by atoms with van der Waals surface area (Å²) < 4.78 is 0. The van der Waals surface area contributed by atoms with E-state index in [-0.39, 0.29) is 0 Å². The SMILES string of the molecule is CC1(C)Cc2cccc(Cl)c2N2CCNCC21. The van der Waals surface area contributed by atoms with Crippen molar-refractivity contribution < 1.29 is 0 Å². The van der Waals surface area contributed by atoms with Crippen molar-refractivity contribution in [2.24, 2.45) is 5.41 Å². The molecule has 2 aliphatic heterocycles. The summed E-state index contributed by atoms with van der Waals surface area (Å²) in [7, 11) is 0. The smallest absolute Gasteiger partial charge is 0.0642 e. The molecule has 0 aliphatic carbocycles. The molecule has 0 amide bonds. The molecule has 0 saturated carbocycles. The van der Waals surface area contributed by atoms with Crippen LogP contribution in [0.4, 0.5) is 5.69 Å². The van der Waals surface area contributed by atoms with Gasteiger partial charge < -0.3 is 10.2 Å². The highest BCUT2D eigenvalue weighted by Gasteiger charge is 2.41. The molecule has 3 rings (SSSR count). The van der Waals surface area contributed by atoms with Crippen LogP contribution in [0.2, 0.25) is 5.02 Å². The zero-order valence-corrected chi connectivity index (χ0v) is 11.2. The predicted molar refractivity (Wildman–Crippen MR) is 72.9 cm³/mol. The van der Waals surface area contributed by atoms with E-state index in [1.54, 1.807) is 0 Å². The summed E-state index contributed by atoms with van der Waals surface area (Å²) in [5.41, 5.74) is 2.99. The van der Waals surface area contributed by atoms with Crippen LogP contribution in [0.25, 0.3) is 0 Å². The zero-order chi connectivity index (χ0) is 12.0. The molecule has 17 heavy (non-hydrogen) atoms.